The van der Waals surface area contributed by atoms with Crippen molar-refractivity contribution in [2.45, 2.75) is 26.1 Å². The summed E-state index contributed by atoms with van der Waals surface area (Å²) in [5.74, 6) is 1.30. The van der Waals surface area contributed by atoms with Crippen molar-refractivity contribution < 1.29 is 9.84 Å². The number of nitrogens with one attached hydrogen (secondary N) is 1. The van der Waals surface area contributed by atoms with Crippen LogP contribution in [-0.4, -0.2) is 39.7 Å². The van der Waals surface area contributed by atoms with Gasteiger partial charge in [-0.15, -0.1) is 11.3 Å². The van der Waals surface area contributed by atoms with Gasteiger partial charge in [-0.1, -0.05) is 48.5 Å². The Kier molecular flexibility index (Phi) is 6.46. The number of H-pyrrole nitrogens is 1. The van der Waals surface area contributed by atoms with Crippen LogP contribution in [0.3, 0.4) is 0 Å². The van der Waals surface area contributed by atoms with E-state index < -0.39 is 6.10 Å². The maximum Gasteiger partial charge on any atom is 0.260 e. The van der Waals surface area contributed by atoms with Gasteiger partial charge in [0.05, 0.1) is 25.1 Å². The Labute approximate surface area is 184 Å². The molecule has 1 atom stereocenters. The van der Waals surface area contributed by atoms with Crippen molar-refractivity contribution in [3.8, 4) is 16.9 Å². The van der Waals surface area contributed by atoms with Crippen LogP contribution < -0.4 is 10.3 Å². The number of methoxy groups -OCH3 is 1. The first-order chi connectivity index (χ1) is 15.0. The summed E-state index contributed by atoms with van der Waals surface area (Å²) in [6, 6.07) is 17.7. The van der Waals surface area contributed by atoms with Crippen LogP contribution in [0.4, 0.5) is 0 Å². The number of hydrogen-bond donors (Lipinski definition) is 2. The lowest BCUT2D eigenvalue weighted by molar-refractivity contribution is 0.116. The molecule has 4 aromatic rings. The molecule has 2 N–H and O–H groups in total. The third-order valence-electron chi connectivity index (χ3n) is 5.03. The maximum absolute atomic E-state index is 13.0. The van der Waals surface area contributed by atoms with Crippen LogP contribution in [0.5, 0.6) is 5.75 Å². The SMILES string of the molecule is COc1ccccc1-c1csc2nc(CN(Cc3ccccc3)CC(C)O)[nH]c(=O)c12. The zero-order valence-corrected chi connectivity index (χ0v) is 18.4. The number of para-hydroxylation sites is 1. The van der Waals surface area contributed by atoms with E-state index >= 15 is 0 Å². The van der Waals surface area contributed by atoms with Crippen molar-refractivity contribution in [1.82, 2.24) is 14.9 Å². The van der Waals surface area contributed by atoms with Crippen LogP contribution in [0.25, 0.3) is 21.3 Å². The summed E-state index contributed by atoms with van der Waals surface area (Å²) in [4.78, 5) is 23.5. The first kappa shape index (κ1) is 21.2. The molecule has 0 bridgehead atoms. The van der Waals surface area contributed by atoms with Crippen molar-refractivity contribution in [2.75, 3.05) is 13.7 Å². The maximum atomic E-state index is 13.0. The summed E-state index contributed by atoms with van der Waals surface area (Å²) >= 11 is 1.45. The fourth-order valence-corrected chi connectivity index (χ4v) is 4.70. The van der Waals surface area contributed by atoms with E-state index in [-0.39, 0.29) is 5.56 Å². The van der Waals surface area contributed by atoms with Crippen molar-refractivity contribution in [3.63, 3.8) is 0 Å². The van der Waals surface area contributed by atoms with Gasteiger partial charge in [-0.2, -0.15) is 0 Å². The van der Waals surface area contributed by atoms with E-state index in [4.69, 9.17) is 9.72 Å². The minimum absolute atomic E-state index is 0.168. The number of benzene rings is 2. The molecule has 4 rings (SSSR count). The Hall–Kier alpha value is -3.00. The van der Waals surface area contributed by atoms with Gasteiger partial charge in [0.15, 0.2) is 0 Å². The summed E-state index contributed by atoms with van der Waals surface area (Å²) in [6.45, 7) is 3.33. The number of nitrogens with zero attached hydrogens (tertiary/aromatic N) is 2. The van der Waals surface area contributed by atoms with Gasteiger partial charge < -0.3 is 14.8 Å². The van der Waals surface area contributed by atoms with Gasteiger partial charge >= 0.3 is 0 Å². The monoisotopic (exact) mass is 435 g/mol. The van der Waals surface area contributed by atoms with Gasteiger partial charge in [0.25, 0.3) is 5.56 Å². The lowest BCUT2D eigenvalue weighted by atomic mass is 10.1. The number of aromatic amines is 1. The number of aliphatic hydroxyl groups excluding tert-OH is 1. The van der Waals surface area contributed by atoms with Crippen molar-refractivity contribution in [2.24, 2.45) is 0 Å². The molecule has 0 aliphatic heterocycles. The normalized spacial score (nSPS) is 12.4. The van der Waals surface area contributed by atoms with Gasteiger partial charge in [0.2, 0.25) is 0 Å². The molecule has 0 spiro atoms. The van der Waals surface area contributed by atoms with Crippen molar-refractivity contribution in [1.29, 1.82) is 0 Å². The molecule has 0 aliphatic rings. The second-order valence-corrected chi connectivity index (χ2v) is 8.40. The second-order valence-electron chi connectivity index (χ2n) is 7.55. The standard InChI is InChI=1S/C24H25N3O3S/c1-16(28)12-27(13-17-8-4-3-5-9-17)14-21-25-23(29)22-19(15-31-24(22)26-21)18-10-6-7-11-20(18)30-2/h3-11,15-16,28H,12-14H2,1-2H3,(H,25,26,29). The highest BCUT2D eigenvalue weighted by molar-refractivity contribution is 7.17. The Morgan fingerprint density at radius 1 is 1.10 bits per heavy atom. The molecule has 2 heterocycles. The van der Waals surface area contributed by atoms with Gasteiger partial charge in [0, 0.05) is 29.6 Å². The van der Waals surface area contributed by atoms with Crippen molar-refractivity contribution >= 4 is 21.6 Å². The summed E-state index contributed by atoms with van der Waals surface area (Å²) < 4.78 is 5.47. The van der Waals surface area contributed by atoms with E-state index in [1.165, 1.54) is 11.3 Å². The smallest absolute Gasteiger partial charge is 0.260 e. The number of ether oxygens (including phenoxy) is 1. The van der Waals surface area contributed by atoms with Gasteiger partial charge in [-0.25, -0.2) is 4.98 Å². The zero-order chi connectivity index (χ0) is 21.8. The first-order valence-corrected chi connectivity index (χ1v) is 11.0. The van der Waals surface area contributed by atoms with Crippen molar-refractivity contribution in [3.05, 3.63) is 81.7 Å². The van der Waals surface area contributed by atoms with Gasteiger partial charge in [0.1, 0.15) is 16.4 Å². The molecular formula is C24H25N3O3S. The number of aromatic nitrogens is 2. The number of fused-ring (bicyclic) bond motifs is 1. The number of aliphatic hydroxyl groups is 1. The Bertz CT molecular complexity index is 1220. The van der Waals surface area contributed by atoms with Gasteiger partial charge in [-0.3, -0.25) is 9.69 Å². The summed E-state index contributed by atoms with van der Waals surface area (Å²) in [7, 11) is 1.62. The van der Waals surface area contributed by atoms with E-state index in [1.54, 1.807) is 14.0 Å². The van der Waals surface area contributed by atoms with Crippen LogP contribution >= 0.6 is 11.3 Å². The highest BCUT2D eigenvalue weighted by Crippen LogP contribution is 2.36. The largest absolute Gasteiger partial charge is 0.496 e. The molecule has 160 valence electrons. The van der Waals surface area contributed by atoms with E-state index in [0.717, 1.165) is 22.4 Å². The number of thiophene rings is 1. The number of rotatable bonds is 8. The average molecular weight is 436 g/mol. The Morgan fingerprint density at radius 3 is 2.58 bits per heavy atom. The summed E-state index contributed by atoms with van der Waals surface area (Å²) in [5, 5.41) is 12.5. The van der Waals surface area contributed by atoms with E-state index in [2.05, 4.69) is 9.88 Å². The molecule has 0 saturated heterocycles. The van der Waals surface area contributed by atoms with E-state index in [1.807, 2.05) is 60.0 Å². The van der Waals surface area contributed by atoms with Crippen LogP contribution in [0.2, 0.25) is 0 Å². The minimum atomic E-state index is -0.488. The molecule has 31 heavy (non-hydrogen) atoms. The predicted molar refractivity (Wildman–Crippen MR) is 124 cm³/mol. The number of hydrogen-bond acceptors (Lipinski definition) is 6. The molecule has 0 fully saturated rings. The third kappa shape index (κ3) is 4.85. The fraction of sp³-hybridized carbons (Fsp3) is 0.250. The van der Waals surface area contributed by atoms with Crippen LogP contribution in [0.15, 0.2) is 64.8 Å². The van der Waals surface area contributed by atoms with E-state index in [0.29, 0.717) is 35.7 Å². The molecule has 0 amide bonds. The Balaban J connectivity index is 1.66. The molecule has 7 heteroatoms. The molecule has 6 nitrogen and oxygen atoms in total. The summed E-state index contributed by atoms with van der Waals surface area (Å²) in [6.07, 6.45) is -0.488. The first-order valence-electron chi connectivity index (χ1n) is 10.1. The minimum Gasteiger partial charge on any atom is -0.496 e. The molecule has 2 aromatic carbocycles. The highest BCUT2D eigenvalue weighted by atomic mass is 32.1. The lowest BCUT2D eigenvalue weighted by Crippen LogP contribution is -2.31. The lowest BCUT2D eigenvalue weighted by Gasteiger charge is -2.23. The fourth-order valence-electron chi connectivity index (χ4n) is 3.75. The zero-order valence-electron chi connectivity index (χ0n) is 17.5. The van der Waals surface area contributed by atoms with E-state index in [9.17, 15) is 9.90 Å². The highest BCUT2D eigenvalue weighted by Gasteiger charge is 2.17. The molecule has 0 aliphatic carbocycles. The molecule has 0 saturated carbocycles. The molecule has 1 unspecified atom stereocenters. The second kappa shape index (κ2) is 9.43. The molecule has 2 aromatic heterocycles. The van der Waals surface area contributed by atoms with Crippen LogP contribution in [0, 0.1) is 0 Å². The molecular weight excluding hydrogens is 410 g/mol. The molecule has 0 radical (unpaired) electrons. The topological polar surface area (TPSA) is 78.5 Å². The van der Waals surface area contributed by atoms with Crippen LogP contribution in [0.1, 0.15) is 18.3 Å². The predicted octanol–water partition coefficient (Wildman–Crippen LogP) is 4.04. The average Bonchev–Trinajstić information content (AvgIpc) is 3.18. The quantitative estimate of drug-likeness (QED) is 0.437. The summed E-state index contributed by atoms with van der Waals surface area (Å²) in [5.41, 5.74) is 2.67. The Morgan fingerprint density at radius 2 is 1.84 bits per heavy atom. The third-order valence-corrected chi connectivity index (χ3v) is 5.91. The van der Waals surface area contributed by atoms with Crippen LogP contribution in [-0.2, 0) is 13.1 Å². The van der Waals surface area contributed by atoms with Gasteiger partial charge in [-0.05, 0) is 18.6 Å².